The lowest BCUT2D eigenvalue weighted by Gasteiger charge is -2.20. The van der Waals surface area contributed by atoms with Crippen molar-refractivity contribution in [1.82, 2.24) is 4.90 Å². The minimum Gasteiger partial charge on any atom is -0.380 e. The third-order valence-electron chi connectivity index (χ3n) is 3.02. The normalized spacial score (nSPS) is 10.7. The lowest BCUT2D eigenvalue weighted by Crippen LogP contribution is -2.23. The van der Waals surface area contributed by atoms with Crippen LogP contribution >= 0.6 is 0 Å². The molecule has 0 aliphatic heterocycles. The molecule has 1 aromatic carbocycles. The first-order valence-electron chi connectivity index (χ1n) is 6.85. The molecule has 0 atom stereocenters. The first-order chi connectivity index (χ1) is 9.12. The van der Waals surface area contributed by atoms with Crippen LogP contribution in [0.15, 0.2) is 18.2 Å². The highest BCUT2D eigenvalue weighted by Crippen LogP contribution is 2.25. The van der Waals surface area contributed by atoms with Crippen LogP contribution in [0.1, 0.15) is 32.8 Å². The standard InChI is InChI=1S/C14H23N3O2/c1-4-9-16(6-3)11-12-7-8-14(17(18)19)13(10-12)15-5-2/h7-8,10,15H,4-6,9,11H2,1-3H3. The molecule has 0 bridgehead atoms. The summed E-state index contributed by atoms with van der Waals surface area (Å²) < 4.78 is 0. The van der Waals surface area contributed by atoms with Gasteiger partial charge in [0.2, 0.25) is 0 Å². The molecule has 0 unspecified atom stereocenters. The van der Waals surface area contributed by atoms with E-state index in [1.807, 2.05) is 19.1 Å². The van der Waals surface area contributed by atoms with E-state index in [2.05, 4.69) is 24.1 Å². The molecule has 0 radical (unpaired) electrons. The maximum Gasteiger partial charge on any atom is 0.292 e. The van der Waals surface area contributed by atoms with Crippen molar-refractivity contribution < 1.29 is 4.92 Å². The van der Waals surface area contributed by atoms with Gasteiger partial charge in [-0.2, -0.15) is 0 Å². The Morgan fingerprint density at radius 1 is 1.32 bits per heavy atom. The van der Waals surface area contributed by atoms with E-state index in [1.165, 1.54) is 0 Å². The van der Waals surface area contributed by atoms with Crippen molar-refractivity contribution in [1.29, 1.82) is 0 Å². The molecule has 0 heterocycles. The Morgan fingerprint density at radius 3 is 2.58 bits per heavy atom. The SMILES string of the molecule is CCCN(CC)Cc1ccc([N+](=O)[O-])c(NCC)c1. The van der Waals surface area contributed by atoms with Gasteiger partial charge in [-0.05, 0) is 38.1 Å². The number of rotatable bonds is 8. The molecule has 0 saturated carbocycles. The third-order valence-corrected chi connectivity index (χ3v) is 3.02. The molecule has 1 rings (SSSR count). The van der Waals surface area contributed by atoms with Crippen LogP contribution in [0.4, 0.5) is 11.4 Å². The third kappa shape index (κ3) is 4.52. The Hall–Kier alpha value is -1.62. The molecular weight excluding hydrogens is 242 g/mol. The smallest absolute Gasteiger partial charge is 0.292 e. The summed E-state index contributed by atoms with van der Waals surface area (Å²) in [4.78, 5) is 12.9. The van der Waals surface area contributed by atoms with E-state index in [9.17, 15) is 10.1 Å². The maximum atomic E-state index is 10.9. The predicted octanol–water partition coefficient (Wildman–Crippen LogP) is 3.26. The fourth-order valence-electron chi connectivity index (χ4n) is 2.10. The lowest BCUT2D eigenvalue weighted by atomic mass is 10.1. The zero-order valence-corrected chi connectivity index (χ0v) is 12.0. The Kier molecular flexibility index (Phi) is 6.29. The molecule has 0 fully saturated rings. The predicted molar refractivity (Wildman–Crippen MR) is 78.5 cm³/mol. The number of benzene rings is 1. The second-order valence-electron chi connectivity index (χ2n) is 4.51. The van der Waals surface area contributed by atoms with Crippen molar-refractivity contribution >= 4 is 11.4 Å². The topological polar surface area (TPSA) is 58.4 Å². The minimum atomic E-state index is -0.342. The molecule has 0 aliphatic carbocycles. The highest BCUT2D eigenvalue weighted by molar-refractivity contribution is 5.62. The molecular formula is C14H23N3O2. The van der Waals surface area contributed by atoms with Crippen molar-refractivity contribution in [3.8, 4) is 0 Å². The highest BCUT2D eigenvalue weighted by Gasteiger charge is 2.14. The van der Waals surface area contributed by atoms with Gasteiger partial charge in [-0.1, -0.05) is 19.9 Å². The van der Waals surface area contributed by atoms with Gasteiger partial charge in [0.15, 0.2) is 0 Å². The van der Waals surface area contributed by atoms with Crippen LogP contribution in [0.25, 0.3) is 0 Å². The molecule has 19 heavy (non-hydrogen) atoms. The molecule has 0 aromatic heterocycles. The van der Waals surface area contributed by atoms with Gasteiger partial charge in [0.05, 0.1) is 4.92 Å². The first kappa shape index (κ1) is 15.4. The van der Waals surface area contributed by atoms with Crippen molar-refractivity contribution in [2.75, 3.05) is 25.0 Å². The fourth-order valence-corrected chi connectivity index (χ4v) is 2.10. The summed E-state index contributed by atoms with van der Waals surface area (Å²) in [5.74, 6) is 0. The summed E-state index contributed by atoms with van der Waals surface area (Å²) in [7, 11) is 0. The number of anilines is 1. The molecule has 1 N–H and O–H groups in total. The van der Waals surface area contributed by atoms with E-state index >= 15 is 0 Å². The highest BCUT2D eigenvalue weighted by atomic mass is 16.6. The second kappa shape index (κ2) is 7.74. The monoisotopic (exact) mass is 265 g/mol. The molecule has 0 saturated heterocycles. The van der Waals surface area contributed by atoms with E-state index in [0.29, 0.717) is 12.2 Å². The molecule has 1 aromatic rings. The summed E-state index contributed by atoms with van der Waals surface area (Å²) in [6.07, 6.45) is 1.11. The van der Waals surface area contributed by atoms with Crippen LogP contribution in [0.5, 0.6) is 0 Å². The Labute approximate surface area is 114 Å². The number of nitrogens with zero attached hydrogens (tertiary/aromatic N) is 2. The molecule has 0 aliphatic rings. The molecule has 0 spiro atoms. The minimum absolute atomic E-state index is 0.143. The summed E-state index contributed by atoms with van der Waals surface area (Å²) in [5, 5.41) is 14.0. The van der Waals surface area contributed by atoms with E-state index in [4.69, 9.17) is 0 Å². The van der Waals surface area contributed by atoms with Crippen LogP contribution in [-0.4, -0.2) is 29.5 Å². The molecule has 0 amide bonds. The van der Waals surface area contributed by atoms with Crippen molar-refractivity contribution in [3.05, 3.63) is 33.9 Å². The van der Waals surface area contributed by atoms with Gasteiger partial charge in [-0.3, -0.25) is 15.0 Å². The zero-order chi connectivity index (χ0) is 14.3. The van der Waals surface area contributed by atoms with Gasteiger partial charge in [0.25, 0.3) is 5.69 Å². The number of nitrogens with one attached hydrogen (secondary N) is 1. The van der Waals surface area contributed by atoms with E-state index in [-0.39, 0.29) is 10.6 Å². The Bertz CT molecular complexity index is 421. The Morgan fingerprint density at radius 2 is 2.05 bits per heavy atom. The van der Waals surface area contributed by atoms with E-state index < -0.39 is 0 Å². The zero-order valence-electron chi connectivity index (χ0n) is 12.0. The number of nitro groups is 1. The van der Waals surface area contributed by atoms with E-state index in [0.717, 1.165) is 31.6 Å². The summed E-state index contributed by atoms with van der Waals surface area (Å²) in [6, 6.07) is 5.32. The van der Waals surface area contributed by atoms with Crippen LogP contribution in [0.3, 0.4) is 0 Å². The van der Waals surface area contributed by atoms with Gasteiger partial charge in [-0.15, -0.1) is 0 Å². The van der Waals surface area contributed by atoms with E-state index in [1.54, 1.807) is 6.07 Å². The maximum absolute atomic E-state index is 10.9. The van der Waals surface area contributed by atoms with Gasteiger partial charge >= 0.3 is 0 Å². The van der Waals surface area contributed by atoms with Gasteiger partial charge in [0, 0.05) is 19.2 Å². The second-order valence-corrected chi connectivity index (χ2v) is 4.51. The summed E-state index contributed by atoms with van der Waals surface area (Å²) in [5.41, 5.74) is 1.86. The van der Waals surface area contributed by atoms with Crippen LogP contribution in [0, 0.1) is 10.1 Å². The fraction of sp³-hybridized carbons (Fsp3) is 0.571. The average molecular weight is 265 g/mol. The van der Waals surface area contributed by atoms with Crippen LogP contribution < -0.4 is 5.32 Å². The van der Waals surface area contributed by atoms with Gasteiger partial charge in [0.1, 0.15) is 5.69 Å². The first-order valence-corrected chi connectivity index (χ1v) is 6.85. The summed E-state index contributed by atoms with van der Waals surface area (Å²) in [6.45, 7) is 9.77. The molecule has 5 heteroatoms. The Balaban J connectivity index is 2.91. The number of nitro benzene ring substituents is 1. The lowest BCUT2D eigenvalue weighted by molar-refractivity contribution is -0.384. The van der Waals surface area contributed by atoms with Crippen molar-refractivity contribution in [3.63, 3.8) is 0 Å². The van der Waals surface area contributed by atoms with Crippen molar-refractivity contribution in [2.24, 2.45) is 0 Å². The van der Waals surface area contributed by atoms with Crippen LogP contribution in [-0.2, 0) is 6.54 Å². The van der Waals surface area contributed by atoms with Crippen LogP contribution in [0.2, 0.25) is 0 Å². The van der Waals surface area contributed by atoms with Gasteiger partial charge < -0.3 is 5.32 Å². The number of hydrogen-bond donors (Lipinski definition) is 1. The quantitative estimate of drug-likeness (QED) is 0.579. The largest absolute Gasteiger partial charge is 0.380 e. The summed E-state index contributed by atoms with van der Waals surface area (Å²) >= 11 is 0. The van der Waals surface area contributed by atoms with Gasteiger partial charge in [-0.25, -0.2) is 0 Å². The average Bonchev–Trinajstić information content (AvgIpc) is 2.38. The number of hydrogen-bond acceptors (Lipinski definition) is 4. The van der Waals surface area contributed by atoms with Crippen molar-refractivity contribution in [2.45, 2.75) is 33.7 Å². The molecule has 106 valence electrons. The molecule has 5 nitrogen and oxygen atoms in total.